The lowest BCUT2D eigenvalue weighted by atomic mass is 9.98. The van der Waals surface area contributed by atoms with Crippen molar-refractivity contribution in [1.82, 2.24) is 19.2 Å². The van der Waals surface area contributed by atoms with Gasteiger partial charge < -0.3 is 5.32 Å². The summed E-state index contributed by atoms with van der Waals surface area (Å²) in [4.78, 5) is 13.5. The van der Waals surface area contributed by atoms with Crippen LogP contribution in [-0.4, -0.2) is 32.2 Å². The zero-order valence-corrected chi connectivity index (χ0v) is 19.2. The highest BCUT2D eigenvalue weighted by Gasteiger charge is 2.20. The van der Waals surface area contributed by atoms with Gasteiger partial charge in [0, 0.05) is 12.6 Å². The SMILES string of the molecule is CC(=O)Nc1cccc(-n2cnn(CN(C)C(c3ccccc3)c3ccc(F)cc3)c2=S)c1. The van der Waals surface area contributed by atoms with Gasteiger partial charge in [0.15, 0.2) is 0 Å². The van der Waals surface area contributed by atoms with Crippen LogP contribution >= 0.6 is 12.2 Å². The van der Waals surface area contributed by atoms with E-state index in [0.29, 0.717) is 17.1 Å². The third-order valence-corrected chi connectivity index (χ3v) is 5.68. The topological polar surface area (TPSA) is 55.1 Å². The van der Waals surface area contributed by atoms with Crippen LogP contribution in [0.25, 0.3) is 5.69 Å². The Morgan fingerprint density at radius 3 is 2.45 bits per heavy atom. The summed E-state index contributed by atoms with van der Waals surface area (Å²) in [6, 6.07) is 23.9. The molecule has 0 spiro atoms. The lowest BCUT2D eigenvalue weighted by Crippen LogP contribution is -2.28. The second-order valence-corrected chi connectivity index (χ2v) is 8.14. The second-order valence-electron chi connectivity index (χ2n) is 7.78. The number of nitrogens with zero attached hydrogens (tertiary/aromatic N) is 4. The molecule has 1 unspecified atom stereocenters. The zero-order chi connectivity index (χ0) is 23.4. The number of carbonyl (C=O) groups excluding carboxylic acids is 1. The Bertz CT molecular complexity index is 1300. The van der Waals surface area contributed by atoms with Gasteiger partial charge in [0.25, 0.3) is 0 Å². The van der Waals surface area contributed by atoms with E-state index < -0.39 is 0 Å². The van der Waals surface area contributed by atoms with E-state index >= 15 is 0 Å². The number of anilines is 1. The molecular formula is C25H24FN5OS. The molecular weight excluding hydrogens is 437 g/mol. The van der Waals surface area contributed by atoms with E-state index in [0.717, 1.165) is 16.8 Å². The predicted octanol–water partition coefficient (Wildman–Crippen LogP) is 5.18. The Kier molecular flexibility index (Phi) is 6.76. The summed E-state index contributed by atoms with van der Waals surface area (Å²) in [6.07, 6.45) is 1.67. The first-order chi connectivity index (χ1) is 15.9. The minimum Gasteiger partial charge on any atom is -0.326 e. The van der Waals surface area contributed by atoms with Crippen molar-refractivity contribution in [2.75, 3.05) is 12.4 Å². The van der Waals surface area contributed by atoms with E-state index in [9.17, 15) is 9.18 Å². The summed E-state index contributed by atoms with van der Waals surface area (Å²) in [5.41, 5.74) is 3.55. The van der Waals surface area contributed by atoms with Crippen molar-refractivity contribution in [3.63, 3.8) is 0 Å². The molecule has 0 aliphatic heterocycles. The van der Waals surface area contributed by atoms with Crippen molar-refractivity contribution in [1.29, 1.82) is 0 Å². The predicted molar refractivity (Wildman–Crippen MR) is 129 cm³/mol. The van der Waals surface area contributed by atoms with E-state index in [4.69, 9.17) is 12.2 Å². The molecule has 0 aliphatic carbocycles. The highest BCUT2D eigenvalue weighted by atomic mass is 32.1. The molecule has 0 saturated carbocycles. The monoisotopic (exact) mass is 461 g/mol. The maximum absolute atomic E-state index is 13.5. The minimum atomic E-state index is -0.268. The fourth-order valence-electron chi connectivity index (χ4n) is 3.82. The largest absolute Gasteiger partial charge is 0.326 e. The Morgan fingerprint density at radius 1 is 1.06 bits per heavy atom. The summed E-state index contributed by atoms with van der Waals surface area (Å²) in [6.45, 7) is 1.89. The molecule has 4 rings (SSSR count). The standard InChI is InChI=1S/C25H24FN5OS/c1-18(32)28-22-9-6-10-23(15-22)30-16-27-31(25(30)33)17-29(2)24(19-7-4-3-5-8-19)20-11-13-21(26)14-12-20/h3-16,24H,17H2,1-2H3,(H,28,32). The lowest BCUT2D eigenvalue weighted by Gasteiger charge is -2.28. The van der Waals surface area contributed by atoms with Gasteiger partial charge in [-0.1, -0.05) is 48.5 Å². The van der Waals surface area contributed by atoms with Crippen molar-refractivity contribution in [2.45, 2.75) is 19.6 Å². The third kappa shape index (κ3) is 5.24. The van der Waals surface area contributed by atoms with E-state index in [2.05, 4.69) is 27.4 Å². The number of aromatic nitrogens is 3. The van der Waals surface area contributed by atoms with Crippen molar-refractivity contribution < 1.29 is 9.18 Å². The molecule has 3 aromatic carbocycles. The van der Waals surface area contributed by atoms with E-state index in [1.165, 1.54) is 19.1 Å². The Morgan fingerprint density at radius 2 is 1.76 bits per heavy atom. The Hall–Kier alpha value is -3.62. The van der Waals surface area contributed by atoms with Crippen LogP contribution in [-0.2, 0) is 11.5 Å². The quantitative estimate of drug-likeness (QED) is 0.386. The smallest absolute Gasteiger partial charge is 0.221 e. The van der Waals surface area contributed by atoms with E-state index in [-0.39, 0.29) is 17.8 Å². The minimum absolute atomic E-state index is 0.109. The average molecular weight is 462 g/mol. The Labute approximate surface area is 196 Å². The van der Waals surface area contributed by atoms with Crippen molar-refractivity contribution in [2.24, 2.45) is 0 Å². The number of amides is 1. The molecule has 33 heavy (non-hydrogen) atoms. The van der Waals surface area contributed by atoms with E-state index in [1.54, 1.807) is 27.7 Å². The molecule has 1 N–H and O–H groups in total. The van der Waals surface area contributed by atoms with Crippen molar-refractivity contribution in [3.8, 4) is 5.69 Å². The summed E-state index contributed by atoms with van der Waals surface area (Å²) >= 11 is 5.69. The first kappa shape index (κ1) is 22.6. The Balaban J connectivity index is 1.63. The van der Waals surface area contributed by atoms with Crippen molar-refractivity contribution in [3.05, 3.63) is 107 Å². The van der Waals surface area contributed by atoms with Crippen LogP contribution < -0.4 is 5.32 Å². The van der Waals surface area contributed by atoms with Crippen LogP contribution in [0, 0.1) is 10.6 Å². The number of nitrogens with one attached hydrogen (secondary N) is 1. The summed E-state index contributed by atoms with van der Waals surface area (Å²) < 4.78 is 17.6. The molecule has 8 heteroatoms. The van der Waals surface area contributed by atoms with Gasteiger partial charge in [-0.05, 0) is 60.7 Å². The molecule has 0 radical (unpaired) electrons. The summed E-state index contributed by atoms with van der Waals surface area (Å²) in [7, 11) is 1.99. The molecule has 6 nitrogen and oxygen atoms in total. The molecule has 1 heterocycles. The van der Waals surface area contributed by atoms with Gasteiger partial charge in [-0.15, -0.1) is 0 Å². The molecule has 0 saturated heterocycles. The molecule has 168 valence electrons. The van der Waals surface area contributed by atoms with Gasteiger partial charge in [-0.3, -0.25) is 14.3 Å². The van der Waals surface area contributed by atoms with Crippen LogP contribution in [0.1, 0.15) is 24.1 Å². The van der Waals surface area contributed by atoms with Crippen molar-refractivity contribution >= 4 is 23.8 Å². The van der Waals surface area contributed by atoms with Crippen LogP contribution in [0.4, 0.5) is 10.1 Å². The lowest BCUT2D eigenvalue weighted by molar-refractivity contribution is -0.114. The maximum Gasteiger partial charge on any atom is 0.221 e. The second kappa shape index (κ2) is 9.89. The fraction of sp³-hybridized carbons (Fsp3) is 0.160. The first-order valence-electron chi connectivity index (χ1n) is 10.5. The van der Waals surface area contributed by atoms with E-state index in [1.807, 2.05) is 49.5 Å². The molecule has 0 aliphatic rings. The number of halogens is 1. The molecule has 0 bridgehead atoms. The normalized spacial score (nSPS) is 12.0. The number of hydrogen-bond acceptors (Lipinski definition) is 4. The fourth-order valence-corrected chi connectivity index (χ4v) is 4.08. The average Bonchev–Trinajstić information content (AvgIpc) is 3.16. The first-order valence-corrected chi connectivity index (χ1v) is 10.9. The van der Waals surface area contributed by atoms with Gasteiger partial charge in [-0.25, -0.2) is 9.07 Å². The molecule has 1 amide bonds. The van der Waals surface area contributed by atoms with Gasteiger partial charge in [0.2, 0.25) is 10.7 Å². The van der Waals surface area contributed by atoms with Crippen LogP contribution in [0.15, 0.2) is 85.2 Å². The third-order valence-electron chi connectivity index (χ3n) is 5.28. The molecule has 1 atom stereocenters. The van der Waals surface area contributed by atoms with Crippen LogP contribution in [0.2, 0.25) is 0 Å². The molecule has 1 aromatic heterocycles. The van der Waals surface area contributed by atoms with Gasteiger partial charge >= 0.3 is 0 Å². The number of rotatable bonds is 7. The highest BCUT2D eigenvalue weighted by Crippen LogP contribution is 2.28. The van der Waals surface area contributed by atoms with Gasteiger partial charge in [0.05, 0.1) is 18.4 Å². The van der Waals surface area contributed by atoms with Crippen LogP contribution in [0.3, 0.4) is 0 Å². The number of carbonyl (C=O) groups is 1. The number of hydrogen-bond donors (Lipinski definition) is 1. The van der Waals surface area contributed by atoms with Crippen LogP contribution in [0.5, 0.6) is 0 Å². The summed E-state index contributed by atoms with van der Waals surface area (Å²) in [5, 5.41) is 7.27. The maximum atomic E-state index is 13.5. The number of benzene rings is 3. The zero-order valence-electron chi connectivity index (χ0n) is 18.4. The molecule has 0 fully saturated rings. The van der Waals surface area contributed by atoms with Gasteiger partial charge in [0.1, 0.15) is 12.1 Å². The highest BCUT2D eigenvalue weighted by molar-refractivity contribution is 7.71. The molecule has 4 aromatic rings. The van der Waals surface area contributed by atoms with Gasteiger partial charge in [-0.2, -0.15) is 5.10 Å². The summed E-state index contributed by atoms with van der Waals surface area (Å²) in [5.74, 6) is -0.406.